The molecular formula is C10H10O2. The van der Waals surface area contributed by atoms with E-state index >= 15 is 0 Å². The number of rotatable bonds is 0. The third-order valence-corrected chi connectivity index (χ3v) is 3.60. The molecule has 0 aromatic rings. The van der Waals surface area contributed by atoms with Crippen LogP contribution in [0.2, 0.25) is 0 Å². The van der Waals surface area contributed by atoms with Gasteiger partial charge in [-0.1, -0.05) is 12.2 Å². The molecule has 4 atom stereocenters. The zero-order valence-electron chi connectivity index (χ0n) is 6.69. The summed E-state index contributed by atoms with van der Waals surface area (Å²) in [7, 11) is 0. The summed E-state index contributed by atoms with van der Waals surface area (Å²) < 4.78 is 0. The molecule has 0 saturated heterocycles. The topological polar surface area (TPSA) is 34.1 Å². The van der Waals surface area contributed by atoms with E-state index in [0.29, 0.717) is 11.8 Å². The summed E-state index contributed by atoms with van der Waals surface area (Å²) in [6.07, 6.45) is 6.50. The van der Waals surface area contributed by atoms with Crippen LogP contribution in [0.5, 0.6) is 0 Å². The van der Waals surface area contributed by atoms with Gasteiger partial charge >= 0.3 is 0 Å². The third-order valence-electron chi connectivity index (χ3n) is 3.60. The van der Waals surface area contributed by atoms with Gasteiger partial charge in [-0.25, -0.2) is 0 Å². The van der Waals surface area contributed by atoms with Crippen LogP contribution in [0.15, 0.2) is 12.2 Å². The quantitative estimate of drug-likeness (QED) is 0.393. The molecule has 0 aliphatic heterocycles. The van der Waals surface area contributed by atoms with Gasteiger partial charge in [0.25, 0.3) is 0 Å². The highest BCUT2D eigenvalue weighted by atomic mass is 16.2. The van der Waals surface area contributed by atoms with Crippen LogP contribution in [0.3, 0.4) is 0 Å². The Morgan fingerprint density at radius 1 is 0.917 bits per heavy atom. The molecule has 4 aliphatic rings. The highest BCUT2D eigenvalue weighted by Gasteiger charge is 2.58. The number of carbonyl (C=O) groups is 2. The lowest BCUT2D eigenvalue weighted by Gasteiger charge is -2.48. The maximum absolute atomic E-state index is 11.2. The minimum absolute atomic E-state index is 0.0845. The van der Waals surface area contributed by atoms with Crippen LogP contribution in [0.25, 0.3) is 0 Å². The molecular weight excluding hydrogens is 152 g/mol. The molecule has 4 rings (SSSR count). The van der Waals surface area contributed by atoms with Gasteiger partial charge in [0.2, 0.25) is 11.6 Å². The van der Waals surface area contributed by atoms with E-state index < -0.39 is 0 Å². The smallest absolute Gasteiger partial charge is 0.203 e. The minimum Gasteiger partial charge on any atom is -0.291 e. The molecule has 2 nitrogen and oxygen atoms in total. The van der Waals surface area contributed by atoms with Crippen LogP contribution in [-0.4, -0.2) is 11.6 Å². The average molecular weight is 162 g/mol. The molecule has 2 bridgehead atoms. The lowest BCUT2D eigenvalue weighted by molar-refractivity contribution is -0.159. The number of hydrogen-bond donors (Lipinski definition) is 0. The van der Waals surface area contributed by atoms with E-state index in [1.54, 1.807) is 0 Å². The van der Waals surface area contributed by atoms with Crippen molar-refractivity contribution >= 4 is 11.6 Å². The van der Waals surface area contributed by atoms with Crippen LogP contribution < -0.4 is 0 Å². The van der Waals surface area contributed by atoms with E-state index in [1.165, 1.54) is 0 Å². The van der Waals surface area contributed by atoms with Crippen molar-refractivity contribution in [1.29, 1.82) is 0 Å². The monoisotopic (exact) mass is 162 g/mol. The minimum atomic E-state index is -0.0981. The summed E-state index contributed by atoms with van der Waals surface area (Å²) in [6.45, 7) is 0. The molecule has 0 radical (unpaired) electrons. The molecule has 0 spiro atoms. The van der Waals surface area contributed by atoms with Crippen molar-refractivity contribution in [2.75, 3.05) is 0 Å². The molecule has 4 unspecified atom stereocenters. The standard InChI is InChI=1S/C10H10O2/c11-9-7-5-1-2-6(4-3-5)8(7)10(9)12/h1-2,5-8H,3-4H2. The van der Waals surface area contributed by atoms with Gasteiger partial charge in [0.15, 0.2) is 0 Å². The molecule has 4 aliphatic carbocycles. The molecule has 0 amide bonds. The molecule has 62 valence electrons. The van der Waals surface area contributed by atoms with Gasteiger partial charge in [-0.3, -0.25) is 9.59 Å². The summed E-state index contributed by atoms with van der Waals surface area (Å²) in [5.41, 5.74) is 0. The first-order valence-electron chi connectivity index (χ1n) is 4.55. The Labute approximate surface area is 70.6 Å². The highest BCUT2D eigenvalue weighted by molar-refractivity contribution is 6.46. The highest BCUT2D eigenvalue weighted by Crippen LogP contribution is 2.51. The number of carbonyl (C=O) groups excluding carboxylic acids is 2. The first-order valence-corrected chi connectivity index (χ1v) is 4.55. The van der Waals surface area contributed by atoms with Gasteiger partial charge in [0.1, 0.15) is 0 Å². The number of allylic oxidation sites excluding steroid dienone is 2. The maximum atomic E-state index is 11.2. The van der Waals surface area contributed by atoms with E-state index in [4.69, 9.17) is 0 Å². The molecule has 2 fully saturated rings. The lowest BCUT2D eigenvalue weighted by atomic mass is 9.52. The second kappa shape index (κ2) is 1.87. The van der Waals surface area contributed by atoms with Gasteiger partial charge < -0.3 is 0 Å². The number of hydrogen-bond acceptors (Lipinski definition) is 2. The van der Waals surface area contributed by atoms with Crippen molar-refractivity contribution in [1.82, 2.24) is 0 Å². The maximum Gasteiger partial charge on any atom is 0.203 e. The van der Waals surface area contributed by atoms with Crippen molar-refractivity contribution in [3.8, 4) is 0 Å². The fraction of sp³-hybridized carbons (Fsp3) is 0.600. The largest absolute Gasteiger partial charge is 0.291 e. The Balaban J connectivity index is 2.05. The van der Waals surface area contributed by atoms with Crippen molar-refractivity contribution in [2.45, 2.75) is 12.8 Å². The van der Waals surface area contributed by atoms with Crippen LogP contribution >= 0.6 is 0 Å². The molecule has 12 heavy (non-hydrogen) atoms. The first kappa shape index (κ1) is 6.58. The van der Waals surface area contributed by atoms with Crippen molar-refractivity contribution in [2.24, 2.45) is 23.7 Å². The summed E-state index contributed by atoms with van der Waals surface area (Å²) in [5.74, 6) is 0.760. The molecule has 2 heteroatoms. The van der Waals surface area contributed by atoms with Crippen LogP contribution in [-0.2, 0) is 9.59 Å². The predicted octanol–water partition coefficient (Wildman–Crippen LogP) is 0.967. The third kappa shape index (κ3) is 0.542. The Morgan fingerprint density at radius 2 is 1.33 bits per heavy atom. The predicted molar refractivity (Wildman–Crippen MR) is 42.3 cm³/mol. The molecule has 0 aromatic heterocycles. The Bertz CT molecular complexity index is 273. The first-order chi connectivity index (χ1) is 5.79. The summed E-state index contributed by atoms with van der Waals surface area (Å²) in [5, 5.41) is 0. The van der Waals surface area contributed by atoms with Crippen LogP contribution in [0.1, 0.15) is 12.8 Å². The van der Waals surface area contributed by atoms with E-state index in [2.05, 4.69) is 12.2 Å². The van der Waals surface area contributed by atoms with Gasteiger partial charge in [0.05, 0.1) is 0 Å². The normalized spacial score (nSPS) is 49.0. The summed E-state index contributed by atoms with van der Waals surface area (Å²) in [4.78, 5) is 22.4. The SMILES string of the molecule is O=C1C(=O)C2C3C=CC(CC3)C12. The van der Waals surface area contributed by atoms with Gasteiger partial charge in [-0.2, -0.15) is 0 Å². The zero-order chi connectivity index (χ0) is 8.29. The average Bonchev–Trinajstić information content (AvgIpc) is 2.17. The van der Waals surface area contributed by atoms with Crippen molar-refractivity contribution in [3.63, 3.8) is 0 Å². The molecule has 0 N–H and O–H groups in total. The summed E-state index contributed by atoms with van der Waals surface area (Å²) in [6, 6.07) is 0. The van der Waals surface area contributed by atoms with E-state index in [9.17, 15) is 9.59 Å². The molecule has 2 saturated carbocycles. The van der Waals surface area contributed by atoms with Gasteiger partial charge in [-0.15, -0.1) is 0 Å². The fourth-order valence-corrected chi connectivity index (χ4v) is 2.94. The fourth-order valence-electron chi connectivity index (χ4n) is 2.94. The molecule has 0 heterocycles. The summed E-state index contributed by atoms with van der Waals surface area (Å²) >= 11 is 0. The van der Waals surface area contributed by atoms with Gasteiger partial charge in [0, 0.05) is 11.8 Å². The van der Waals surface area contributed by atoms with Gasteiger partial charge in [-0.05, 0) is 24.7 Å². The van der Waals surface area contributed by atoms with Crippen molar-refractivity contribution in [3.05, 3.63) is 12.2 Å². The number of ketones is 2. The second-order valence-electron chi connectivity index (χ2n) is 4.07. The number of fused-ring (bicyclic) bond motifs is 1. The lowest BCUT2D eigenvalue weighted by Crippen LogP contribution is -2.58. The zero-order valence-corrected chi connectivity index (χ0v) is 6.69. The van der Waals surface area contributed by atoms with E-state index in [-0.39, 0.29) is 23.4 Å². The number of Topliss-reactive ketones (excluding diaryl/α,β-unsaturated/α-hetero) is 2. The van der Waals surface area contributed by atoms with Crippen molar-refractivity contribution < 1.29 is 9.59 Å². The second-order valence-corrected chi connectivity index (χ2v) is 4.07. The molecule has 0 aromatic carbocycles. The van der Waals surface area contributed by atoms with Crippen LogP contribution in [0, 0.1) is 23.7 Å². The van der Waals surface area contributed by atoms with Crippen LogP contribution in [0.4, 0.5) is 0 Å². The van der Waals surface area contributed by atoms with E-state index in [1.807, 2.05) is 0 Å². The van der Waals surface area contributed by atoms with E-state index in [0.717, 1.165) is 12.8 Å². The Morgan fingerprint density at radius 3 is 1.67 bits per heavy atom. The Kier molecular flexibility index (Phi) is 1.03. The Hall–Kier alpha value is -0.920.